The van der Waals surface area contributed by atoms with Crippen LogP contribution in [0.3, 0.4) is 0 Å². The number of carbonyl (C=O) groups excluding carboxylic acids is 1. The summed E-state index contributed by atoms with van der Waals surface area (Å²) in [5.41, 5.74) is 1.53. The van der Waals surface area contributed by atoms with E-state index in [-0.39, 0.29) is 16.8 Å². The molecular weight excluding hydrogens is 365 g/mol. The zero-order valence-electron chi connectivity index (χ0n) is 14.8. The highest BCUT2D eigenvalue weighted by molar-refractivity contribution is 7.18. The van der Waals surface area contributed by atoms with Crippen molar-refractivity contribution >= 4 is 28.9 Å². The lowest BCUT2D eigenvalue weighted by molar-refractivity contribution is 0.0703. The second-order valence-electron chi connectivity index (χ2n) is 6.27. The van der Waals surface area contributed by atoms with E-state index in [0.29, 0.717) is 11.3 Å². The Morgan fingerprint density at radius 1 is 1.04 bits per heavy atom. The molecule has 0 aliphatic rings. The molecule has 6 heteroatoms. The first kappa shape index (κ1) is 18.8. The van der Waals surface area contributed by atoms with Crippen molar-refractivity contribution in [1.29, 1.82) is 0 Å². The molecule has 3 aromatic rings. The van der Waals surface area contributed by atoms with Gasteiger partial charge in [0.2, 0.25) is 0 Å². The fourth-order valence-corrected chi connectivity index (χ4v) is 3.81. The van der Waals surface area contributed by atoms with Gasteiger partial charge in [-0.1, -0.05) is 30.3 Å². The number of benzene rings is 2. The molecule has 3 rings (SSSR count). The third kappa shape index (κ3) is 3.90. The minimum Gasteiger partial charge on any atom is -0.477 e. The smallest absolute Gasteiger partial charge is 0.348 e. The van der Waals surface area contributed by atoms with E-state index in [0.717, 1.165) is 21.8 Å². The summed E-state index contributed by atoms with van der Waals surface area (Å²) in [5.74, 6) is -1.89. The summed E-state index contributed by atoms with van der Waals surface area (Å²) < 4.78 is 13.2. The van der Waals surface area contributed by atoms with Crippen LogP contribution < -0.4 is 4.90 Å². The van der Waals surface area contributed by atoms with Crippen molar-refractivity contribution < 1.29 is 19.1 Å². The number of carbonyl (C=O) groups is 2. The van der Waals surface area contributed by atoms with Crippen LogP contribution in [0.2, 0.25) is 0 Å². The zero-order valence-corrected chi connectivity index (χ0v) is 15.7. The maximum absolute atomic E-state index is 13.2. The summed E-state index contributed by atoms with van der Waals surface area (Å²) >= 11 is 1.13. The van der Waals surface area contributed by atoms with E-state index >= 15 is 0 Å². The van der Waals surface area contributed by atoms with Gasteiger partial charge in [-0.05, 0) is 49.7 Å². The van der Waals surface area contributed by atoms with Gasteiger partial charge in [0.25, 0.3) is 5.91 Å². The molecule has 0 fully saturated rings. The maximum atomic E-state index is 13.2. The molecule has 0 saturated heterocycles. The van der Waals surface area contributed by atoms with Gasteiger partial charge in [-0.3, -0.25) is 4.79 Å². The Labute approximate surface area is 160 Å². The molecule has 0 unspecified atom stereocenters. The Morgan fingerprint density at radius 2 is 1.67 bits per heavy atom. The lowest BCUT2D eigenvalue weighted by Gasteiger charge is -2.26. The first-order chi connectivity index (χ1) is 12.9. The molecular formula is C21H18FNO3S. The van der Waals surface area contributed by atoms with Crippen molar-refractivity contribution in [3.63, 3.8) is 0 Å². The van der Waals surface area contributed by atoms with Gasteiger partial charge >= 0.3 is 5.97 Å². The van der Waals surface area contributed by atoms with Gasteiger partial charge in [0.1, 0.15) is 10.7 Å². The van der Waals surface area contributed by atoms with Crippen LogP contribution in [0.15, 0.2) is 60.7 Å². The Bertz CT molecular complexity index is 965. The van der Waals surface area contributed by atoms with Crippen molar-refractivity contribution in [2.24, 2.45) is 0 Å². The normalized spacial score (nSPS) is 10.8. The van der Waals surface area contributed by atoms with E-state index in [9.17, 15) is 19.1 Å². The topological polar surface area (TPSA) is 57.6 Å². The largest absolute Gasteiger partial charge is 0.477 e. The molecule has 2 aromatic carbocycles. The first-order valence-electron chi connectivity index (χ1n) is 8.40. The average Bonchev–Trinajstić information content (AvgIpc) is 3.08. The highest BCUT2D eigenvalue weighted by Gasteiger charge is 2.28. The predicted octanol–water partition coefficient (Wildman–Crippen LogP) is 5.31. The maximum Gasteiger partial charge on any atom is 0.348 e. The van der Waals surface area contributed by atoms with Gasteiger partial charge in [-0.2, -0.15) is 0 Å². The summed E-state index contributed by atoms with van der Waals surface area (Å²) in [5, 5.41) is 9.67. The molecule has 0 radical (unpaired) electrons. The van der Waals surface area contributed by atoms with Crippen molar-refractivity contribution in [3.8, 4) is 10.4 Å². The average molecular weight is 383 g/mol. The van der Waals surface area contributed by atoms with Gasteiger partial charge in [-0.25, -0.2) is 9.18 Å². The molecule has 0 saturated carbocycles. The minimum absolute atomic E-state index is 0.0954. The molecule has 138 valence electrons. The Morgan fingerprint density at radius 3 is 2.22 bits per heavy atom. The standard InChI is InChI=1S/C21H18FNO3S/c1-13(2)23(20(24)15-8-10-16(22)11-9-15)17-12-18(27-19(17)21(25)26)14-6-4-3-5-7-14/h3-13H,1-2H3,(H,25,26). The molecule has 0 aliphatic carbocycles. The fraction of sp³-hybridized carbons (Fsp3) is 0.143. The number of halogens is 1. The van der Waals surface area contributed by atoms with Gasteiger partial charge in [0, 0.05) is 16.5 Å². The highest BCUT2D eigenvalue weighted by atomic mass is 32.1. The lowest BCUT2D eigenvalue weighted by Crippen LogP contribution is -2.37. The van der Waals surface area contributed by atoms with E-state index in [4.69, 9.17) is 0 Å². The first-order valence-corrected chi connectivity index (χ1v) is 9.22. The molecule has 27 heavy (non-hydrogen) atoms. The fourth-order valence-electron chi connectivity index (χ4n) is 2.81. The van der Waals surface area contributed by atoms with Crippen molar-refractivity contribution in [3.05, 3.63) is 76.9 Å². The number of anilines is 1. The number of nitrogens with zero attached hydrogens (tertiary/aromatic N) is 1. The van der Waals surface area contributed by atoms with Gasteiger partial charge in [-0.15, -0.1) is 11.3 Å². The molecule has 1 N–H and O–H groups in total. The molecule has 1 aromatic heterocycles. The van der Waals surface area contributed by atoms with E-state index in [1.165, 1.54) is 29.2 Å². The molecule has 0 aliphatic heterocycles. The number of aromatic carboxylic acids is 1. The third-order valence-electron chi connectivity index (χ3n) is 4.05. The number of carboxylic acid groups (broad SMARTS) is 1. The lowest BCUT2D eigenvalue weighted by atomic mass is 10.1. The molecule has 1 amide bonds. The van der Waals surface area contributed by atoms with E-state index in [1.807, 2.05) is 44.2 Å². The van der Waals surface area contributed by atoms with Crippen LogP contribution in [0.25, 0.3) is 10.4 Å². The van der Waals surface area contributed by atoms with Crippen LogP contribution in [-0.4, -0.2) is 23.0 Å². The summed E-state index contributed by atoms with van der Waals surface area (Å²) in [4.78, 5) is 27.2. The number of thiophene rings is 1. The Hall–Kier alpha value is -2.99. The van der Waals surface area contributed by atoms with Crippen LogP contribution in [0.4, 0.5) is 10.1 Å². The predicted molar refractivity (Wildman–Crippen MR) is 105 cm³/mol. The highest BCUT2D eigenvalue weighted by Crippen LogP contribution is 2.38. The molecule has 1 heterocycles. The van der Waals surface area contributed by atoms with E-state index < -0.39 is 11.8 Å². The number of hydrogen-bond acceptors (Lipinski definition) is 3. The molecule has 0 bridgehead atoms. The van der Waals surface area contributed by atoms with Gasteiger partial charge < -0.3 is 10.0 Å². The number of hydrogen-bond donors (Lipinski definition) is 1. The second-order valence-corrected chi connectivity index (χ2v) is 7.32. The molecule has 0 atom stereocenters. The third-order valence-corrected chi connectivity index (χ3v) is 5.21. The van der Waals surface area contributed by atoms with Crippen LogP contribution in [0, 0.1) is 5.82 Å². The van der Waals surface area contributed by atoms with E-state index in [2.05, 4.69) is 0 Å². The van der Waals surface area contributed by atoms with Crippen molar-refractivity contribution in [2.45, 2.75) is 19.9 Å². The Kier molecular flexibility index (Phi) is 5.37. The van der Waals surface area contributed by atoms with Crippen LogP contribution >= 0.6 is 11.3 Å². The van der Waals surface area contributed by atoms with Crippen LogP contribution in [0.1, 0.15) is 33.9 Å². The minimum atomic E-state index is -1.09. The van der Waals surface area contributed by atoms with Crippen LogP contribution in [0.5, 0.6) is 0 Å². The zero-order chi connectivity index (χ0) is 19.6. The number of rotatable bonds is 5. The SMILES string of the molecule is CC(C)N(C(=O)c1ccc(F)cc1)c1cc(-c2ccccc2)sc1C(=O)O. The second kappa shape index (κ2) is 7.72. The van der Waals surface area contributed by atoms with E-state index in [1.54, 1.807) is 6.07 Å². The number of amides is 1. The molecule has 4 nitrogen and oxygen atoms in total. The summed E-state index contributed by atoms with van der Waals surface area (Å²) in [6.07, 6.45) is 0. The van der Waals surface area contributed by atoms with Gasteiger partial charge in [0.15, 0.2) is 0 Å². The quantitative estimate of drug-likeness (QED) is 0.650. The summed E-state index contributed by atoms with van der Waals surface area (Å²) in [6.45, 7) is 3.62. The van der Waals surface area contributed by atoms with Gasteiger partial charge in [0.05, 0.1) is 5.69 Å². The van der Waals surface area contributed by atoms with Crippen molar-refractivity contribution in [1.82, 2.24) is 0 Å². The van der Waals surface area contributed by atoms with Crippen LogP contribution in [-0.2, 0) is 0 Å². The molecule has 0 spiro atoms. The van der Waals surface area contributed by atoms with Crippen molar-refractivity contribution in [2.75, 3.05) is 4.90 Å². The summed E-state index contributed by atoms with van der Waals surface area (Å²) in [7, 11) is 0. The summed E-state index contributed by atoms with van der Waals surface area (Å²) in [6, 6.07) is 16.1. The number of carboxylic acids is 1. The Balaban J connectivity index is 2.09. The monoisotopic (exact) mass is 383 g/mol.